The summed E-state index contributed by atoms with van der Waals surface area (Å²) >= 11 is 6.03. The van der Waals surface area contributed by atoms with Crippen LogP contribution in [0.15, 0.2) is 42.5 Å². The van der Waals surface area contributed by atoms with Gasteiger partial charge in [-0.2, -0.15) is 0 Å². The molecule has 1 atom stereocenters. The van der Waals surface area contributed by atoms with E-state index in [1.165, 1.54) is 0 Å². The molecule has 0 unspecified atom stereocenters. The lowest BCUT2D eigenvalue weighted by atomic mass is 10.2. The second-order valence-corrected chi connectivity index (χ2v) is 8.87. The van der Waals surface area contributed by atoms with Gasteiger partial charge in [-0.3, -0.25) is 9.10 Å². The molecule has 0 aromatic heterocycles. The number of benzene rings is 2. The summed E-state index contributed by atoms with van der Waals surface area (Å²) in [5.74, 6) is 0.329. The van der Waals surface area contributed by atoms with E-state index < -0.39 is 22.0 Å². The fraction of sp³-hybridized carbons (Fsp3) is 0.350. The van der Waals surface area contributed by atoms with Gasteiger partial charge < -0.3 is 10.1 Å². The molecule has 1 amide bonds. The van der Waals surface area contributed by atoms with Crippen molar-refractivity contribution in [3.63, 3.8) is 0 Å². The number of sulfonamides is 1. The van der Waals surface area contributed by atoms with E-state index in [9.17, 15) is 13.2 Å². The Labute approximate surface area is 171 Å². The summed E-state index contributed by atoms with van der Waals surface area (Å²) in [6.07, 6.45) is 1.07. The summed E-state index contributed by atoms with van der Waals surface area (Å²) in [5.41, 5.74) is 2.09. The number of para-hydroxylation sites is 1. The van der Waals surface area contributed by atoms with Gasteiger partial charge in [-0.05, 0) is 50.1 Å². The third kappa shape index (κ3) is 5.62. The lowest BCUT2D eigenvalue weighted by Gasteiger charge is -2.29. The molecule has 0 aliphatic heterocycles. The molecule has 0 aliphatic carbocycles. The monoisotopic (exact) mass is 424 g/mol. The number of carbonyl (C=O) groups is 1. The van der Waals surface area contributed by atoms with Crippen molar-refractivity contribution < 1.29 is 17.9 Å². The molecule has 0 heterocycles. The number of halogens is 1. The molecular formula is C20H25ClN2O4S. The molecule has 1 N–H and O–H groups in total. The van der Waals surface area contributed by atoms with Crippen molar-refractivity contribution in [2.75, 3.05) is 23.7 Å². The Morgan fingerprint density at radius 3 is 2.50 bits per heavy atom. The number of hydrogen-bond donors (Lipinski definition) is 1. The van der Waals surface area contributed by atoms with Crippen molar-refractivity contribution in [2.24, 2.45) is 0 Å². The number of nitrogens with zero attached hydrogens (tertiary/aromatic N) is 1. The molecule has 0 saturated carbocycles. The Morgan fingerprint density at radius 1 is 1.18 bits per heavy atom. The van der Waals surface area contributed by atoms with Crippen LogP contribution in [-0.2, 0) is 14.8 Å². The van der Waals surface area contributed by atoms with Crippen molar-refractivity contribution in [3.8, 4) is 5.75 Å². The van der Waals surface area contributed by atoms with Crippen molar-refractivity contribution in [3.05, 3.63) is 58.6 Å². The Hall–Kier alpha value is -2.25. The van der Waals surface area contributed by atoms with Crippen LogP contribution in [0.4, 0.5) is 5.69 Å². The van der Waals surface area contributed by atoms with E-state index in [1.807, 2.05) is 31.2 Å². The first-order valence-corrected chi connectivity index (χ1v) is 11.1. The van der Waals surface area contributed by atoms with E-state index in [-0.39, 0.29) is 13.2 Å². The molecule has 0 spiro atoms. The number of carbonyl (C=O) groups excluding carboxylic acids is 1. The molecule has 2 aromatic rings. The average molecular weight is 425 g/mol. The van der Waals surface area contributed by atoms with Crippen LogP contribution >= 0.6 is 11.6 Å². The average Bonchev–Trinajstić information content (AvgIpc) is 2.61. The molecule has 2 rings (SSSR count). The van der Waals surface area contributed by atoms with E-state index >= 15 is 0 Å². The van der Waals surface area contributed by atoms with Crippen molar-refractivity contribution in [1.82, 2.24) is 5.32 Å². The molecule has 0 radical (unpaired) electrons. The van der Waals surface area contributed by atoms with E-state index in [0.29, 0.717) is 16.3 Å². The fourth-order valence-corrected chi connectivity index (χ4v) is 4.19. The first-order chi connectivity index (χ1) is 13.1. The molecule has 2 aromatic carbocycles. The lowest BCUT2D eigenvalue weighted by molar-refractivity contribution is -0.121. The smallest absolute Gasteiger partial charge is 0.243 e. The van der Waals surface area contributed by atoms with Gasteiger partial charge in [-0.25, -0.2) is 8.42 Å². The van der Waals surface area contributed by atoms with Crippen LogP contribution < -0.4 is 14.4 Å². The van der Waals surface area contributed by atoms with E-state index in [0.717, 1.165) is 21.9 Å². The predicted octanol–water partition coefficient (Wildman–Crippen LogP) is 3.31. The molecule has 8 heteroatoms. The predicted molar refractivity (Wildman–Crippen MR) is 113 cm³/mol. The standard InChI is InChI=1S/C20H25ClN2O4S/c1-14-9-10-17(21)13-18(14)23(28(4,25)26)16(3)20(24)22-11-12-27-19-8-6-5-7-15(19)2/h5-10,13,16H,11-12H2,1-4H3,(H,22,24)/t16-/m1/s1. The first-order valence-electron chi connectivity index (χ1n) is 8.83. The Morgan fingerprint density at radius 2 is 1.86 bits per heavy atom. The summed E-state index contributed by atoms with van der Waals surface area (Å²) in [4.78, 5) is 12.6. The maximum absolute atomic E-state index is 12.6. The van der Waals surface area contributed by atoms with Crippen LogP contribution in [0, 0.1) is 13.8 Å². The molecule has 6 nitrogen and oxygen atoms in total. The molecular weight excluding hydrogens is 400 g/mol. The van der Waals surface area contributed by atoms with E-state index in [2.05, 4.69) is 5.32 Å². The minimum atomic E-state index is -3.70. The van der Waals surface area contributed by atoms with Gasteiger partial charge in [0.15, 0.2) is 0 Å². The largest absolute Gasteiger partial charge is 0.491 e. The molecule has 28 heavy (non-hydrogen) atoms. The van der Waals surface area contributed by atoms with Gasteiger partial charge in [0.2, 0.25) is 15.9 Å². The number of nitrogens with one attached hydrogen (secondary N) is 1. The van der Waals surface area contributed by atoms with Crippen LogP contribution in [0.3, 0.4) is 0 Å². The zero-order valence-electron chi connectivity index (χ0n) is 16.4. The van der Waals surface area contributed by atoms with E-state index in [1.54, 1.807) is 32.0 Å². The minimum Gasteiger partial charge on any atom is -0.491 e. The molecule has 0 fully saturated rings. The van der Waals surface area contributed by atoms with Crippen LogP contribution in [0.2, 0.25) is 5.02 Å². The van der Waals surface area contributed by atoms with Crippen LogP contribution in [0.25, 0.3) is 0 Å². The minimum absolute atomic E-state index is 0.254. The molecule has 0 saturated heterocycles. The molecule has 0 bridgehead atoms. The van der Waals surface area contributed by atoms with Gasteiger partial charge in [0.1, 0.15) is 18.4 Å². The van der Waals surface area contributed by atoms with Gasteiger partial charge in [-0.15, -0.1) is 0 Å². The van der Waals surface area contributed by atoms with Gasteiger partial charge in [0.05, 0.1) is 18.5 Å². The lowest BCUT2D eigenvalue weighted by Crippen LogP contribution is -2.48. The number of ether oxygens (including phenoxy) is 1. The van der Waals surface area contributed by atoms with Gasteiger partial charge in [0, 0.05) is 5.02 Å². The van der Waals surface area contributed by atoms with Gasteiger partial charge in [0.25, 0.3) is 0 Å². The highest BCUT2D eigenvalue weighted by atomic mass is 35.5. The Bertz CT molecular complexity index is 947. The third-order valence-electron chi connectivity index (χ3n) is 4.25. The highest BCUT2D eigenvalue weighted by Crippen LogP contribution is 2.28. The molecule has 152 valence electrons. The summed E-state index contributed by atoms with van der Waals surface area (Å²) in [5, 5.41) is 3.12. The normalized spacial score (nSPS) is 12.3. The van der Waals surface area contributed by atoms with Crippen LogP contribution in [0.5, 0.6) is 5.75 Å². The molecule has 0 aliphatic rings. The first kappa shape index (κ1) is 22.0. The topological polar surface area (TPSA) is 75.7 Å². The third-order valence-corrected chi connectivity index (χ3v) is 5.71. The fourth-order valence-electron chi connectivity index (χ4n) is 2.80. The SMILES string of the molecule is Cc1ccccc1OCCNC(=O)[C@@H](C)N(c1cc(Cl)ccc1C)S(C)(=O)=O. The summed E-state index contributed by atoms with van der Waals surface area (Å²) in [6.45, 7) is 5.78. The highest BCUT2D eigenvalue weighted by molar-refractivity contribution is 7.92. The quantitative estimate of drug-likeness (QED) is 0.659. The second-order valence-electron chi connectivity index (χ2n) is 6.57. The van der Waals surface area contributed by atoms with Crippen molar-refractivity contribution in [1.29, 1.82) is 0 Å². The Kier molecular flexibility index (Phi) is 7.32. The Balaban J connectivity index is 2.06. The maximum atomic E-state index is 12.6. The van der Waals surface area contributed by atoms with Crippen molar-refractivity contribution in [2.45, 2.75) is 26.8 Å². The van der Waals surface area contributed by atoms with Crippen LogP contribution in [0.1, 0.15) is 18.1 Å². The van der Waals surface area contributed by atoms with Gasteiger partial charge in [-0.1, -0.05) is 35.9 Å². The van der Waals surface area contributed by atoms with E-state index in [4.69, 9.17) is 16.3 Å². The number of rotatable bonds is 8. The summed E-state index contributed by atoms with van der Waals surface area (Å²) < 4.78 is 31.5. The zero-order valence-corrected chi connectivity index (χ0v) is 18.0. The number of anilines is 1. The number of amides is 1. The number of hydrogen-bond acceptors (Lipinski definition) is 4. The summed E-state index contributed by atoms with van der Waals surface area (Å²) in [7, 11) is -3.70. The summed E-state index contributed by atoms with van der Waals surface area (Å²) in [6, 6.07) is 11.6. The second kappa shape index (κ2) is 9.30. The number of aryl methyl sites for hydroxylation is 2. The highest BCUT2D eigenvalue weighted by Gasteiger charge is 2.30. The van der Waals surface area contributed by atoms with Crippen LogP contribution in [-0.4, -0.2) is 39.8 Å². The van der Waals surface area contributed by atoms with Crippen molar-refractivity contribution >= 4 is 33.2 Å². The maximum Gasteiger partial charge on any atom is 0.243 e. The van der Waals surface area contributed by atoms with Gasteiger partial charge >= 0.3 is 0 Å². The zero-order chi connectivity index (χ0) is 20.9.